The molecule has 3 rings (SSSR count). The van der Waals surface area contributed by atoms with E-state index in [1.165, 1.54) is 31.4 Å². The van der Waals surface area contributed by atoms with Crippen LogP contribution in [-0.4, -0.2) is 35.2 Å². The average molecular weight is 469 g/mol. The quantitative estimate of drug-likeness (QED) is 0.272. The minimum atomic E-state index is -0.649. The summed E-state index contributed by atoms with van der Waals surface area (Å²) in [5.41, 5.74) is 2.94. The molecule has 0 saturated heterocycles. The summed E-state index contributed by atoms with van der Waals surface area (Å²) in [4.78, 5) is 35.0. The van der Waals surface area contributed by atoms with Crippen LogP contribution in [0.5, 0.6) is 11.5 Å². The van der Waals surface area contributed by atoms with E-state index in [-0.39, 0.29) is 28.3 Å². The first kappa shape index (κ1) is 23.2. The summed E-state index contributed by atoms with van der Waals surface area (Å²) in [7, 11) is 1.25. The largest absolute Gasteiger partial charge is 0.504 e. The van der Waals surface area contributed by atoms with Gasteiger partial charge in [-0.25, -0.2) is 5.43 Å². The van der Waals surface area contributed by atoms with Gasteiger partial charge < -0.3 is 15.2 Å². The molecule has 168 valence electrons. The Morgan fingerprint density at radius 3 is 2.45 bits per heavy atom. The van der Waals surface area contributed by atoms with Crippen molar-refractivity contribution in [2.45, 2.75) is 0 Å². The standard InChI is InChI=1S/C22H17ClN4O6/c1-33-19-11-16(27(31)32)10-14(20(19)28)12-24-26-21(29)13-6-8-15(9-7-13)25-22(30)17-4-2-3-5-18(17)23/h2-12,28H,1H3,(H,25,30)(H,26,29). The number of methoxy groups -OCH3 is 1. The molecule has 3 aromatic carbocycles. The number of nitrogens with one attached hydrogen (secondary N) is 2. The molecule has 0 aliphatic carbocycles. The minimum absolute atomic E-state index is 0.0148. The lowest BCUT2D eigenvalue weighted by atomic mass is 10.1. The Hall–Kier alpha value is -4.44. The van der Waals surface area contributed by atoms with E-state index >= 15 is 0 Å². The number of nitrogens with zero attached hydrogens (tertiary/aromatic N) is 2. The van der Waals surface area contributed by atoms with Gasteiger partial charge in [-0.15, -0.1) is 0 Å². The van der Waals surface area contributed by atoms with Crippen molar-refractivity contribution < 1.29 is 24.4 Å². The molecular formula is C22H17ClN4O6. The van der Waals surface area contributed by atoms with E-state index in [0.717, 1.165) is 18.3 Å². The topological polar surface area (TPSA) is 143 Å². The molecule has 0 fully saturated rings. The summed E-state index contributed by atoms with van der Waals surface area (Å²) >= 11 is 6.01. The van der Waals surface area contributed by atoms with Gasteiger partial charge in [-0.2, -0.15) is 5.10 Å². The highest BCUT2D eigenvalue weighted by atomic mass is 35.5. The molecular weight excluding hydrogens is 452 g/mol. The van der Waals surface area contributed by atoms with E-state index in [9.17, 15) is 24.8 Å². The van der Waals surface area contributed by atoms with Crippen LogP contribution < -0.4 is 15.5 Å². The number of non-ortho nitro benzene ring substituents is 1. The number of carbonyl (C=O) groups is 2. The smallest absolute Gasteiger partial charge is 0.274 e. The van der Waals surface area contributed by atoms with Crippen LogP contribution in [0.25, 0.3) is 0 Å². The summed E-state index contributed by atoms with van der Waals surface area (Å²) in [6.07, 6.45) is 1.06. The van der Waals surface area contributed by atoms with Crippen molar-refractivity contribution in [1.82, 2.24) is 5.43 Å². The maximum absolute atomic E-state index is 12.3. The lowest BCUT2D eigenvalue weighted by Gasteiger charge is -2.07. The molecule has 0 atom stereocenters. The predicted octanol–water partition coefficient (Wildman–Crippen LogP) is 3.98. The zero-order chi connectivity index (χ0) is 24.0. The zero-order valence-electron chi connectivity index (χ0n) is 17.1. The van der Waals surface area contributed by atoms with Crippen LogP contribution in [0, 0.1) is 10.1 Å². The number of ether oxygens (including phenoxy) is 1. The second-order valence-corrected chi connectivity index (χ2v) is 6.96. The Bertz CT molecular complexity index is 1240. The molecule has 0 spiro atoms. The third-order valence-corrected chi connectivity index (χ3v) is 4.74. The number of nitro benzene ring substituents is 1. The third kappa shape index (κ3) is 5.63. The lowest BCUT2D eigenvalue weighted by molar-refractivity contribution is -0.385. The highest BCUT2D eigenvalue weighted by molar-refractivity contribution is 6.34. The lowest BCUT2D eigenvalue weighted by Crippen LogP contribution is -2.18. The molecule has 0 saturated carbocycles. The van der Waals surface area contributed by atoms with Crippen LogP contribution in [0.1, 0.15) is 26.3 Å². The Morgan fingerprint density at radius 1 is 1.12 bits per heavy atom. The fourth-order valence-corrected chi connectivity index (χ4v) is 2.97. The van der Waals surface area contributed by atoms with Gasteiger partial charge >= 0.3 is 0 Å². The van der Waals surface area contributed by atoms with Crippen molar-refractivity contribution in [2.75, 3.05) is 12.4 Å². The number of rotatable bonds is 7. The second kappa shape index (κ2) is 10.2. The summed E-state index contributed by atoms with van der Waals surface area (Å²) < 4.78 is 4.91. The number of hydrogen-bond donors (Lipinski definition) is 3. The van der Waals surface area contributed by atoms with E-state index in [0.29, 0.717) is 16.3 Å². The molecule has 11 heteroatoms. The van der Waals surface area contributed by atoms with E-state index < -0.39 is 16.7 Å². The molecule has 0 aromatic heterocycles. The molecule has 0 radical (unpaired) electrons. The van der Waals surface area contributed by atoms with Crippen molar-refractivity contribution in [1.29, 1.82) is 0 Å². The number of anilines is 1. The Morgan fingerprint density at radius 2 is 1.82 bits per heavy atom. The van der Waals surface area contributed by atoms with Gasteiger partial charge in [-0.3, -0.25) is 19.7 Å². The van der Waals surface area contributed by atoms with Crippen molar-refractivity contribution >= 4 is 41.0 Å². The van der Waals surface area contributed by atoms with Crippen molar-refractivity contribution in [3.05, 3.63) is 92.5 Å². The summed E-state index contributed by atoms with van der Waals surface area (Å²) in [6.45, 7) is 0. The van der Waals surface area contributed by atoms with Gasteiger partial charge in [-0.1, -0.05) is 23.7 Å². The van der Waals surface area contributed by atoms with Crippen LogP contribution in [0.15, 0.2) is 65.8 Å². The number of phenols is 1. The zero-order valence-corrected chi connectivity index (χ0v) is 17.9. The number of amides is 2. The number of carbonyl (C=O) groups excluding carboxylic acids is 2. The monoisotopic (exact) mass is 468 g/mol. The number of halogens is 1. The fourth-order valence-electron chi connectivity index (χ4n) is 2.75. The highest BCUT2D eigenvalue weighted by Gasteiger charge is 2.16. The van der Waals surface area contributed by atoms with Gasteiger partial charge in [-0.05, 0) is 36.4 Å². The number of hydrazone groups is 1. The Balaban J connectivity index is 1.66. The first-order valence-corrected chi connectivity index (χ1v) is 9.72. The number of nitro groups is 1. The molecule has 0 aliphatic heterocycles. The maximum atomic E-state index is 12.3. The minimum Gasteiger partial charge on any atom is -0.504 e. The molecule has 3 N–H and O–H groups in total. The fraction of sp³-hybridized carbons (Fsp3) is 0.0455. The SMILES string of the molecule is COc1cc([N+](=O)[O-])cc(C=NNC(=O)c2ccc(NC(=O)c3ccccc3Cl)cc2)c1O. The molecule has 3 aromatic rings. The average Bonchev–Trinajstić information content (AvgIpc) is 2.80. The molecule has 0 unspecified atom stereocenters. The normalized spacial score (nSPS) is 10.6. The van der Waals surface area contributed by atoms with Crippen LogP contribution in [0.2, 0.25) is 5.02 Å². The van der Waals surface area contributed by atoms with Gasteiger partial charge in [0.25, 0.3) is 17.5 Å². The number of aromatic hydroxyl groups is 1. The van der Waals surface area contributed by atoms with E-state index in [1.807, 2.05) is 0 Å². The molecule has 10 nitrogen and oxygen atoms in total. The maximum Gasteiger partial charge on any atom is 0.274 e. The van der Waals surface area contributed by atoms with Crippen molar-refractivity contribution in [3.8, 4) is 11.5 Å². The molecule has 33 heavy (non-hydrogen) atoms. The summed E-state index contributed by atoms with van der Waals surface area (Å²) in [6, 6.07) is 14.8. The summed E-state index contributed by atoms with van der Waals surface area (Å²) in [5, 5.41) is 27.8. The van der Waals surface area contributed by atoms with Crippen molar-refractivity contribution in [2.24, 2.45) is 5.10 Å². The second-order valence-electron chi connectivity index (χ2n) is 6.55. The highest BCUT2D eigenvalue weighted by Crippen LogP contribution is 2.33. The Kier molecular flexibility index (Phi) is 7.21. The number of hydrogen-bond acceptors (Lipinski definition) is 7. The Labute approximate surface area is 192 Å². The third-order valence-electron chi connectivity index (χ3n) is 4.41. The van der Waals surface area contributed by atoms with Gasteiger partial charge in [0.1, 0.15) is 0 Å². The van der Waals surface area contributed by atoms with Gasteiger partial charge in [0, 0.05) is 22.9 Å². The van der Waals surface area contributed by atoms with Crippen LogP contribution >= 0.6 is 11.6 Å². The molecule has 0 aliphatic rings. The summed E-state index contributed by atoms with van der Waals surface area (Å²) in [5.74, 6) is -1.44. The van der Waals surface area contributed by atoms with E-state index in [1.54, 1.807) is 24.3 Å². The van der Waals surface area contributed by atoms with Crippen LogP contribution in [-0.2, 0) is 0 Å². The molecule has 0 bridgehead atoms. The first-order valence-electron chi connectivity index (χ1n) is 9.35. The van der Waals surface area contributed by atoms with Gasteiger partial charge in [0.15, 0.2) is 11.5 Å². The van der Waals surface area contributed by atoms with Gasteiger partial charge in [0.05, 0.1) is 34.9 Å². The number of benzene rings is 3. The number of phenolic OH excluding ortho intramolecular Hbond substituents is 1. The van der Waals surface area contributed by atoms with Crippen LogP contribution in [0.4, 0.5) is 11.4 Å². The predicted molar refractivity (Wildman–Crippen MR) is 122 cm³/mol. The van der Waals surface area contributed by atoms with Crippen LogP contribution in [0.3, 0.4) is 0 Å². The van der Waals surface area contributed by atoms with E-state index in [4.69, 9.17) is 16.3 Å². The van der Waals surface area contributed by atoms with Crippen molar-refractivity contribution in [3.63, 3.8) is 0 Å². The first-order chi connectivity index (χ1) is 15.8. The molecule has 0 heterocycles. The molecule has 2 amide bonds. The van der Waals surface area contributed by atoms with Gasteiger partial charge in [0.2, 0.25) is 0 Å². The van der Waals surface area contributed by atoms with E-state index in [2.05, 4.69) is 15.8 Å².